The molecule has 1 aromatic carbocycles. The summed E-state index contributed by atoms with van der Waals surface area (Å²) in [6.07, 6.45) is 8.49. The summed E-state index contributed by atoms with van der Waals surface area (Å²) >= 11 is 1.86. The highest BCUT2D eigenvalue weighted by molar-refractivity contribution is 7.19. The molecular formula is C26H27N5OS. The third kappa shape index (κ3) is 3.70. The molecule has 4 aromatic rings. The van der Waals surface area contributed by atoms with E-state index in [9.17, 15) is 0 Å². The first kappa shape index (κ1) is 20.4. The molecule has 1 fully saturated rings. The highest BCUT2D eigenvalue weighted by Gasteiger charge is 2.27. The predicted molar refractivity (Wildman–Crippen MR) is 135 cm³/mol. The highest BCUT2D eigenvalue weighted by atomic mass is 32.1. The molecule has 0 spiro atoms. The third-order valence-corrected chi connectivity index (χ3v) is 7.91. The SMILES string of the molecule is COc1ccccc1N1CCN(c2nc(-c3cccnc3)nc3sc4c(c23)CCCC4)CC1. The quantitative estimate of drug-likeness (QED) is 0.431. The molecule has 0 saturated carbocycles. The summed E-state index contributed by atoms with van der Waals surface area (Å²) in [5, 5.41) is 1.29. The molecule has 4 heterocycles. The van der Waals surface area contributed by atoms with Gasteiger partial charge in [-0.1, -0.05) is 12.1 Å². The van der Waals surface area contributed by atoms with Gasteiger partial charge in [0.1, 0.15) is 16.4 Å². The van der Waals surface area contributed by atoms with Crippen LogP contribution >= 0.6 is 11.3 Å². The van der Waals surface area contributed by atoms with Gasteiger partial charge in [0.25, 0.3) is 0 Å². The molecule has 1 aliphatic heterocycles. The van der Waals surface area contributed by atoms with Crippen LogP contribution in [0.1, 0.15) is 23.3 Å². The van der Waals surface area contributed by atoms with Crippen LogP contribution in [0.25, 0.3) is 21.6 Å². The number of para-hydroxylation sites is 2. The van der Waals surface area contributed by atoms with Gasteiger partial charge < -0.3 is 14.5 Å². The molecule has 3 aromatic heterocycles. The zero-order valence-corrected chi connectivity index (χ0v) is 19.6. The van der Waals surface area contributed by atoms with E-state index >= 15 is 0 Å². The Kier molecular flexibility index (Phi) is 5.34. The van der Waals surface area contributed by atoms with Crippen molar-refractivity contribution >= 4 is 33.1 Å². The van der Waals surface area contributed by atoms with Gasteiger partial charge in [0, 0.05) is 49.0 Å². The molecule has 1 saturated heterocycles. The number of piperazine rings is 1. The van der Waals surface area contributed by atoms with Crippen molar-refractivity contribution in [2.75, 3.05) is 43.1 Å². The molecule has 168 valence electrons. The van der Waals surface area contributed by atoms with Crippen molar-refractivity contribution < 1.29 is 4.74 Å². The number of aryl methyl sites for hydroxylation is 2. The van der Waals surface area contributed by atoms with Crippen LogP contribution in [-0.2, 0) is 12.8 Å². The Morgan fingerprint density at radius 1 is 0.909 bits per heavy atom. The number of benzene rings is 1. The molecule has 0 N–H and O–H groups in total. The average molecular weight is 458 g/mol. The molecular weight excluding hydrogens is 430 g/mol. The summed E-state index contributed by atoms with van der Waals surface area (Å²) in [6, 6.07) is 12.3. The minimum absolute atomic E-state index is 0.774. The Labute approximate surface area is 197 Å². The monoisotopic (exact) mass is 457 g/mol. The Hall–Kier alpha value is -3.19. The molecule has 0 unspecified atom stereocenters. The second-order valence-corrected chi connectivity index (χ2v) is 9.73. The normalized spacial score (nSPS) is 16.2. The lowest BCUT2D eigenvalue weighted by Gasteiger charge is -2.37. The maximum absolute atomic E-state index is 5.60. The highest BCUT2D eigenvalue weighted by Crippen LogP contribution is 2.41. The summed E-state index contributed by atoms with van der Waals surface area (Å²) < 4.78 is 5.60. The molecule has 0 amide bonds. The van der Waals surface area contributed by atoms with Crippen LogP contribution in [0.15, 0.2) is 48.8 Å². The van der Waals surface area contributed by atoms with Crippen molar-refractivity contribution in [2.24, 2.45) is 0 Å². The van der Waals surface area contributed by atoms with E-state index in [0.29, 0.717) is 0 Å². The van der Waals surface area contributed by atoms with Crippen LogP contribution in [0, 0.1) is 0 Å². The number of hydrogen-bond donors (Lipinski definition) is 0. The number of methoxy groups -OCH3 is 1. The first-order chi connectivity index (χ1) is 16.3. The molecule has 6 rings (SSSR count). The topological polar surface area (TPSA) is 54.4 Å². The number of fused-ring (bicyclic) bond motifs is 3. The predicted octanol–water partition coefficient (Wildman–Crippen LogP) is 4.97. The van der Waals surface area contributed by atoms with E-state index < -0.39 is 0 Å². The van der Waals surface area contributed by atoms with Crippen molar-refractivity contribution in [2.45, 2.75) is 25.7 Å². The van der Waals surface area contributed by atoms with Gasteiger partial charge in [-0.3, -0.25) is 4.98 Å². The number of ether oxygens (including phenoxy) is 1. The van der Waals surface area contributed by atoms with E-state index in [1.165, 1.54) is 35.1 Å². The van der Waals surface area contributed by atoms with Crippen LogP contribution in [0.3, 0.4) is 0 Å². The van der Waals surface area contributed by atoms with Gasteiger partial charge in [0.2, 0.25) is 0 Å². The number of thiophene rings is 1. The Bertz CT molecular complexity index is 1280. The fourth-order valence-corrected chi connectivity index (χ4v) is 6.30. The maximum atomic E-state index is 5.60. The smallest absolute Gasteiger partial charge is 0.164 e. The Morgan fingerprint density at radius 3 is 2.55 bits per heavy atom. The zero-order chi connectivity index (χ0) is 22.2. The number of rotatable bonds is 4. The van der Waals surface area contributed by atoms with Crippen LogP contribution in [0.2, 0.25) is 0 Å². The van der Waals surface area contributed by atoms with Crippen LogP contribution < -0.4 is 14.5 Å². The molecule has 0 atom stereocenters. The van der Waals surface area contributed by atoms with Gasteiger partial charge in [-0.15, -0.1) is 11.3 Å². The van der Waals surface area contributed by atoms with E-state index in [4.69, 9.17) is 14.7 Å². The molecule has 33 heavy (non-hydrogen) atoms. The second kappa shape index (κ2) is 8.63. The fourth-order valence-electron chi connectivity index (χ4n) is 5.04. The van der Waals surface area contributed by atoms with E-state index in [-0.39, 0.29) is 0 Å². The minimum atomic E-state index is 0.774. The van der Waals surface area contributed by atoms with Gasteiger partial charge in [0.15, 0.2) is 5.82 Å². The lowest BCUT2D eigenvalue weighted by atomic mass is 9.96. The molecule has 1 aliphatic carbocycles. The van der Waals surface area contributed by atoms with Gasteiger partial charge >= 0.3 is 0 Å². The maximum Gasteiger partial charge on any atom is 0.164 e. The standard InChI is InChI=1S/C26H27N5OS/c1-32-21-10-4-3-9-20(21)30-13-15-31(16-14-30)25-23-19-8-2-5-11-22(19)33-26(23)29-24(28-25)18-7-6-12-27-17-18/h3-4,6-7,9-10,12,17H,2,5,8,11,13-16H2,1H3. The van der Waals surface area contributed by atoms with Crippen LogP contribution in [0.4, 0.5) is 11.5 Å². The van der Waals surface area contributed by atoms with E-state index in [0.717, 1.165) is 66.1 Å². The van der Waals surface area contributed by atoms with Gasteiger partial charge in [0.05, 0.1) is 18.2 Å². The van der Waals surface area contributed by atoms with E-state index in [1.807, 2.05) is 41.8 Å². The van der Waals surface area contributed by atoms with Crippen molar-refractivity contribution in [1.82, 2.24) is 15.0 Å². The van der Waals surface area contributed by atoms with Crippen molar-refractivity contribution in [1.29, 1.82) is 0 Å². The largest absolute Gasteiger partial charge is 0.495 e. The number of pyridine rings is 1. The summed E-state index contributed by atoms with van der Waals surface area (Å²) in [5.41, 5.74) is 3.62. The molecule has 0 bridgehead atoms. The summed E-state index contributed by atoms with van der Waals surface area (Å²) in [7, 11) is 1.74. The molecule has 2 aliphatic rings. The van der Waals surface area contributed by atoms with Gasteiger partial charge in [-0.05, 0) is 55.5 Å². The van der Waals surface area contributed by atoms with Crippen LogP contribution in [0.5, 0.6) is 5.75 Å². The summed E-state index contributed by atoms with van der Waals surface area (Å²) in [5.74, 6) is 2.80. The number of nitrogens with zero attached hydrogens (tertiary/aromatic N) is 5. The van der Waals surface area contributed by atoms with E-state index in [2.05, 4.69) is 26.9 Å². The average Bonchev–Trinajstić information content (AvgIpc) is 3.27. The molecule has 0 radical (unpaired) electrons. The lowest BCUT2D eigenvalue weighted by Crippen LogP contribution is -2.47. The molecule has 6 nitrogen and oxygen atoms in total. The van der Waals surface area contributed by atoms with Crippen molar-refractivity contribution in [3.63, 3.8) is 0 Å². The molecule has 7 heteroatoms. The first-order valence-electron chi connectivity index (χ1n) is 11.7. The number of hydrogen-bond acceptors (Lipinski definition) is 7. The Morgan fingerprint density at radius 2 is 1.73 bits per heavy atom. The van der Waals surface area contributed by atoms with E-state index in [1.54, 1.807) is 13.3 Å². The van der Waals surface area contributed by atoms with Crippen LogP contribution in [-0.4, -0.2) is 48.2 Å². The summed E-state index contributed by atoms with van der Waals surface area (Å²) in [4.78, 5) is 21.9. The van der Waals surface area contributed by atoms with Crippen molar-refractivity contribution in [3.05, 3.63) is 59.2 Å². The minimum Gasteiger partial charge on any atom is -0.495 e. The second-order valence-electron chi connectivity index (χ2n) is 8.65. The summed E-state index contributed by atoms with van der Waals surface area (Å²) in [6.45, 7) is 3.70. The Balaban J connectivity index is 1.38. The lowest BCUT2D eigenvalue weighted by molar-refractivity contribution is 0.413. The van der Waals surface area contributed by atoms with Gasteiger partial charge in [-0.25, -0.2) is 9.97 Å². The number of anilines is 2. The third-order valence-electron chi connectivity index (χ3n) is 6.72. The van der Waals surface area contributed by atoms with Gasteiger partial charge in [-0.2, -0.15) is 0 Å². The van der Waals surface area contributed by atoms with Crippen molar-refractivity contribution in [3.8, 4) is 17.1 Å². The number of aromatic nitrogens is 3. The fraction of sp³-hybridized carbons (Fsp3) is 0.346. The zero-order valence-electron chi connectivity index (χ0n) is 18.8. The first-order valence-corrected chi connectivity index (χ1v) is 12.5.